The number of rotatable bonds is 6. The van der Waals surface area contributed by atoms with Crippen molar-refractivity contribution >= 4 is 10.8 Å². The molecule has 0 radical (unpaired) electrons. The SMILES string of the molecule is CNCCC(Oc1cccc2ccccc12)C1CCCCC1. The number of fused-ring (bicyclic) bond motifs is 1. The van der Waals surface area contributed by atoms with Gasteiger partial charge in [0.1, 0.15) is 11.9 Å². The molecule has 22 heavy (non-hydrogen) atoms. The number of hydrogen-bond acceptors (Lipinski definition) is 2. The molecule has 1 aliphatic rings. The second kappa shape index (κ2) is 7.64. The molecule has 2 heteroatoms. The van der Waals surface area contributed by atoms with Gasteiger partial charge in [0.15, 0.2) is 0 Å². The Kier molecular flexibility index (Phi) is 5.33. The molecule has 0 heterocycles. The highest BCUT2D eigenvalue weighted by Crippen LogP contribution is 2.33. The van der Waals surface area contributed by atoms with Crippen molar-refractivity contribution < 1.29 is 4.74 Å². The van der Waals surface area contributed by atoms with Crippen molar-refractivity contribution in [3.05, 3.63) is 42.5 Å². The van der Waals surface area contributed by atoms with E-state index >= 15 is 0 Å². The van der Waals surface area contributed by atoms with Gasteiger partial charge in [0, 0.05) is 5.39 Å². The molecule has 3 rings (SSSR count). The largest absolute Gasteiger partial charge is 0.489 e. The monoisotopic (exact) mass is 297 g/mol. The van der Waals surface area contributed by atoms with Crippen molar-refractivity contribution in [1.82, 2.24) is 5.32 Å². The Bertz CT molecular complexity index is 584. The molecule has 1 unspecified atom stereocenters. The summed E-state index contributed by atoms with van der Waals surface area (Å²) >= 11 is 0. The first-order valence-corrected chi connectivity index (χ1v) is 8.67. The van der Waals surface area contributed by atoms with E-state index in [1.54, 1.807) is 0 Å². The molecule has 0 aromatic heterocycles. The van der Waals surface area contributed by atoms with E-state index in [1.807, 2.05) is 7.05 Å². The first-order chi connectivity index (χ1) is 10.9. The van der Waals surface area contributed by atoms with E-state index in [4.69, 9.17) is 4.74 Å². The van der Waals surface area contributed by atoms with Crippen LogP contribution in [-0.4, -0.2) is 19.7 Å². The van der Waals surface area contributed by atoms with Crippen molar-refractivity contribution in [3.8, 4) is 5.75 Å². The molecule has 0 bridgehead atoms. The van der Waals surface area contributed by atoms with Crippen LogP contribution in [0.15, 0.2) is 42.5 Å². The smallest absolute Gasteiger partial charge is 0.127 e. The minimum Gasteiger partial charge on any atom is -0.489 e. The highest BCUT2D eigenvalue weighted by Gasteiger charge is 2.25. The van der Waals surface area contributed by atoms with E-state index in [1.165, 1.54) is 42.9 Å². The maximum absolute atomic E-state index is 6.53. The van der Waals surface area contributed by atoms with Gasteiger partial charge in [-0.1, -0.05) is 55.7 Å². The van der Waals surface area contributed by atoms with Gasteiger partial charge in [-0.2, -0.15) is 0 Å². The van der Waals surface area contributed by atoms with Gasteiger partial charge in [-0.25, -0.2) is 0 Å². The van der Waals surface area contributed by atoms with Gasteiger partial charge in [-0.05, 0) is 50.2 Å². The van der Waals surface area contributed by atoms with Gasteiger partial charge >= 0.3 is 0 Å². The fourth-order valence-electron chi connectivity index (χ4n) is 3.64. The third-order valence-corrected chi connectivity index (χ3v) is 4.88. The molecular formula is C20H27NO. The average molecular weight is 297 g/mol. The fraction of sp³-hybridized carbons (Fsp3) is 0.500. The molecule has 2 aromatic rings. The second-order valence-electron chi connectivity index (χ2n) is 6.42. The maximum Gasteiger partial charge on any atom is 0.127 e. The van der Waals surface area contributed by atoms with Crippen molar-refractivity contribution in [3.63, 3.8) is 0 Å². The van der Waals surface area contributed by atoms with Crippen LogP contribution in [0.2, 0.25) is 0 Å². The van der Waals surface area contributed by atoms with Crippen molar-refractivity contribution in [1.29, 1.82) is 0 Å². The molecule has 0 spiro atoms. The molecule has 1 N–H and O–H groups in total. The Morgan fingerprint density at radius 1 is 1.05 bits per heavy atom. The van der Waals surface area contributed by atoms with Crippen LogP contribution in [-0.2, 0) is 0 Å². The van der Waals surface area contributed by atoms with Gasteiger partial charge in [0.25, 0.3) is 0 Å². The third-order valence-electron chi connectivity index (χ3n) is 4.88. The first kappa shape index (κ1) is 15.4. The Balaban J connectivity index is 1.81. The molecule has 118 valence electrons. The lowest BCUT2D eigenvalue weighted by molar-refractivity contribution is 0.102. The standard InChI is InChI=1S/C20H27NO/c1-21-15-14-19(17-9-3-2-4-10-17)22-20-13-7-11-16-8-5-6-12-18(16)20/h5-8,11-13,17,19,21H,2-4,9-10,14-15H2,1H3. The summed E-state index contributed by atoms with van der Waals surface area (Å²) in [4.78, 5) is 0. The lowest BCUT2D eigenvalue weighted by Crippen LogP contribution is -2.31. The topological polar surface area (TPSA) is 21.3 Å². The second-order valence-corrected chi connectivity index (χ2v) is 6.42. The number of ether oxygens (including phenoxy) is 1. The summed E-state index contributed by atoms with van der Waals surface area (Å²) in [5.41, 5.74) is 0. The van der Waals surface area contributed by atoms with Crippen molar-refractivity contribution in [2.45, 2.75) is 44.6 Å². The summed E-state index contributed by atoms with van der Waals surface area (Å²) < 4.78 is 6.53. The summed E-state index contributed by atoms with van der Waals surface area (Å²) in [6, 6.07) is 14.9. The zero-order valence-corrected chi connectivity index (χ0v) is 13.6. The predicted molar refractivity (Wildman–Crippen MR) is 93.5 cm³/mol. The maximum atomic E-state index is 6.53. The number of nitrogens with one attached hydrogen (secondary N) is 1. The lowest BCUT2D eigenvalue weighted by Gasteiger charge is -2.31. The van der Waals surface area contributed by atoms with Crippen LogP contribution in [0.1, 0.15) is 38.5 Å². The molecule has 0 saturated heterocycles. The van der Waals surface area contributed by atoms with Crippen LogP contribution in [0.5, 0.6) is 5.75 Å². The van der Waals surface area contributed by atoms with Gasteiger partial charge in [-0.15, -0.1) is 0 Å². The highest BCUT2D eigenvalue weighted by atomic mass is 16.5. The van der Waals surface area contributed by atoms with Crippen LogP contribution >= 0.6 is 0 Å². The average Bonchev–Trinajstić information content (AvgIpc) is 2.59. The summed E-state index contributed by atoms with van der Waals surface area (Å²) in [6.45, 7) is 1.02. The first-order valence-electron chi connectivity index (χ1n) is 8.67. The van der Waals surface area contributed by atoms with Gasteiger partial charge < -0.3 is 10.1 Å². The molecule has 1 aliphatic carbocycles. The zero-order chi connectivity index (χ0) is 15.2. The van der Waals surface area contributed by atoms with E-state index < -0.39 is 0 Å². The van der Waals surface area contributed by atoms with E-state index in [-0.39, 0.29) is 0 Å². The third kappa shape index (κ3) is 3.61. The lowest BCUT2D eigenvalue weighted by atomic mass is 9.84. The summed E-state index contributed by atoms with van der Waals surface area (Å²) in [5.74, 6) is 1.76. The molecule has 2 aromatic carbocycles. The Hall–Kier alpha value is -1.54. The van der Waals surface area contributed by atoms with E-state index in [0.717, 1.165) is 18.7 Å². The number of benzene rings is 2. The van der Waals surface area contributed by atoms with Crippen LogP contribution in [0.4, 0.5) is 0 Å². The quantitative estimate of drug-likeness (QED) is 0.828. The van der Waals surface area contributed by atoms with Crippen LogP contribution in [0.25, 0.3) is 10.8 Å². The van der Waals surface area contributed by atoms with Crippen LogP contribution in [0.3, 0.4) is 0 Å². The summed E-state index contributed by atoms with van der Waals surface area (Å²) in [5, 5.41) is 5.77. The zero-order valence-electron chi connectivity index (χ0n) is 13.6. The highest BCUT2D eigenvalue weighted by molar-refractivity contribution is 5.88. The number of hydrogen-bond donors (Lipinski definition) is 1. The van der Waals surface area contributed by atoms with Crippen molar-refractivity contribution in [2.75, 3.05) is 13.6 Å². The fourth-order valence-corrected chi connectivity index (χ4v) is 3.64. The van der Waals surface area contributed by atoms with Crippen LogP contribution in [0, 0.1) is 5.92 Å². The van der Waals surface area contributed by atoms with E-state index in [2.05, 4.69) is 47.8 Å². The molecular weight excluding hydrogens is 270 g/mol. The molecule has 0 aliphatic heterocycles. The van der Waals surface area contributed by atoms with E-state index in [0.29, 0.717) is 12.0 Å². The normalized spacial score (nSPS) is 17.5. The van der Waals surface area contributed by atoms with Gasteiger partial charge in [0.05, 0.1) is 0 Å². The Morgan fingerprint density at radius 3 is 2.64 bits per heavy atom. The Morgan fingerprint density at radius 2 is 1.82 bits per heavy atom. The summed E-state index contributed by atoms with van der Waals surface area (Å²) in [7, 11) is 2.02. The van der Waals surface area contributed by atoms with Gasteiger partial charge in [-0.3, -0.25) is 0 Å². The van der Waals surface area contributed by atoms with Gasteiger partial charge in [0.2, 0.25) is 0 Å². The molecule has 0 amide bonds. The van der Waals surface area contributed by atoms with Crippen LogP contribution < -0.4 is 10.1 Å². The molecule has 2 nitrogen and oxygen atoms in total. The molecule has 1 saturated carbocycles. The van der Waals surface area contributed by atoms with E-state index in [9.17, 15) is 0 Å². The van der Waals surface area contributed by atoms with Crippen molar-refractivity contribution in [2.24, 2.45) is 5.92 Å². The molecule has 1 fully saturated rings. The predicted octanol–water partition coefficient (Wildman–Crippen LogP) is 4.78. The minimum atomic E-state index is 0.332. The summed E-state index contributed by atoms with van der Waals surface area (Å²) in [6.07, 6.45) is 8.17. The molecule has 1 atom stereocenters. The minimum absolute atomic E-state index is 0.332. The Labute approximate surface area is 133 Å².